The molecule has 0 saturated heterocycles. The third-order valence-electron chi connectivity index (χ3n) is 6.95. The molecule has 0 radical (unpaired) electrons. The molecule has 4 atom stereocenters. The maximum Gasteiger partial charge on any atom is 0.336 e. The number of fused-ring (bicyclic) bond motifs is 2. The lowest BCUT2D eigenvalue weighted by atomic mass is 9.51. The molecule has 4 nitrogen and oxygen atoms in total. The number of hydrogen-bond donors (Lipinski definition) is 0. The van der Waals surface area contributed by atoms with Gasteiger partial charge < -0.3 is 9.15 Å². The largest absolute Gasteiger partial charge is 0.493 e. The Morgan fingerprint density at radius 3 is 2.81 bits per heavy atom. The first kappa shape index (κ1) is 18.0. The van der Waals surface area contributed by atoms with E-state index in [1.54, 1.807) is 12.1 Å². The minimum Gasteiger partial charge on any atom is -0.493 e. The highest BCUT2D eigenvalue weighted by Gasteiger charge is 2.51. The first-order valence-electron chi connectivity index (χ1n) is 9.75. The zero-order valence-electron chi connectivity index (χ0n) is 16.0. The van der Waals surface area contributed by atoms with Gasteiger partial charge in [-0.2, -0.15) is 0 Å². The Kier molecular flexibility index (Phi) is 4.45. The molecular formula is C23H26O4. The zero-order valence-corrected chi connectivity index (χ0v) is 16.0. The molecule has 4 rings (SSSR count). The van der Waals surface area contributed by atoms with Crippen molar-refractivity contribution in [3.63, 3.8) is 0 Å². The summed E-state index contributed by atoms with van der Waals surface area (Å²) < 4.78 is 11.4. The number of benzene rings is 1. The summed E-state index contributed by atoms with van der Waals surface area (Å²) in [6, 6.07) is 8.74. The average Bonchev–Trinajstić information content (AvgIpc) is 2.64. The SMILES string of the molecule is C=C1CC[C@@H]2[C@@H](C)C(=O)CC[C@@]2(C)[C@@H]1COc1ccc2ccc(=O)oc2c1. The third kappa shape index (κ3) is 3.11. The van der Waals surface area contributed by atoms with Crippen molar-refractivity contribution in [1.82, 2.24) is 0 Å². The van der Waals surface area contributed by atoms with Gasteiger partial charge >= 0.3 is 5.63 Å². The fraction of sp³-hybridized carbons (Fsp3) is 0.478. The van der Waals surface area contributed by atoms with E-state index in [1.165, 1.54) is 11.6 Å². The average molecular weight is 366 g/mol. The van der Waals surface area contributed by atoms with Crippen LogP contribution in [0.25, 0.3) is 11.0 Å². The summed E-state index contributed by atoms with van der Waals surface area (Å²) in [6.07, 6.45) is 3.55. The van der Waals surface area contributed by atoms with Crippen LogP contribution in [0.4, 0.5) is 0 Å². The number of hydrogen-bond acceptors (Lipinski definition) is 4. The fourth-order valence-electron chi connectivity index (χ4n) is 5.21. The Morgan fingerprint density at radius 1 is 1.22 bits per heavy atom. The standard InChI is InChI=1S/C23H26O4/c1-14-4-8-18-15(2)20(24)10-11-23(18,3)19(14)13-26-17-7-5-16-6-9-22(25)27-21(16)12-17/h5-7,9,12,15,18-19H,1,4,8,10-11,13H2,2-3H3/t15-,18-,19-,23-/m1/s1. The molecule has 0 N–H and O–H groups in total. The van der Waals surface area contributed by atoms with E-state index >= 15 is 0 Å². The lowest BCUT2D eigenvalue weighted by Gasteiger charge is -2.53. The molecule has 1 aromatic carbocycles. The Labute approximate surface area is 159 Å². The number of ether oxygens (including phenoxy) is 1. The van der Waals surface area contributed by atoms with Crippen LogP contribution in [0.1, 0.15) is 39.5 Å². The molecule has 2 aliphatic rings. The van der Waals surface area contributed by atoms with Gasteiger partial charge in [-0.15, -0.1) is 0 Å². The van der Waals surface area contributed by atoms with E-state index in [-0.39, 0.29) is 22.9 Å². The maximum atomic E-state index is 12.2. The summed E-state index contributed by atoms with van der Waals surface area (Å²) in [5.41, 5.74) is 1.44. The normalized spacial score (nSPS) is 31.0. The van der Waals surface area contributed by atoms with Crippen LogP contribution in [0, 0.1) is 23.2 Å². The van der Waals surface area contributed by atoms with E-state index in [1.807, 2.05) is 12.1 Å². The van der Waals surface area contributed by atoms with Gasteiger partial charge in [0.15, 0.2) is 0 Å². The van der Waals surface area contributed by atoms with Crippen LogP contribution in [0.2, 0.25) is 0 Å². The van der Waals surface area contributed by atoms with E-state index in [4.69, 9.17) is 9.15 Å². The summed E-state index contributed by atoms with van der Waals surface area (Å²) >= 11 is 0. The molecule has 1 aromatic heterocycles. The van der Waals surface area contributed by atoms with Crippen LogP contribution in [0.3, 0.4) is 0 Å². The predicted molar refractivity (Wildman–Crippen MR) is 105 cm³/mol. The molecule has 142 valence electrons. The van der Waals surface area contributed by atoms with Crippen LogP contribution in [-0.4, -0.2) is 12.4 Å². The second kappa shape index (κ2) is 6.66. The van der Waals surface area contributed by atoms with Gasteiger partial charge in [0.2, 0.25) is 0 Å². The second-order valence-electron chi connectivity index (χ2n) is 8.38. The number of Topliss-reactive ketones (excluding diaryl/α,β-unsaturated/α-hetero) is 1. The van der Waals surface area contributed by atoms with E-state index < -0.39 is 0 Å². The molecule has 0 aliphatic heterocycles. The molecule has 2 fully saturated rings. The summed E-state index contributed by atoms with van der Waals surface area (Å²) in [5.74, 6) is 1.83. The number of rotatable bonds is 3. The van der Waals surface area contributed by atoms with Gasteiger partial charge in [0, 0.05) is 35.8 Å². The molecule has 2 saturated carbocycles. The van der Waals surface area contributed by atoms with Crippen molar-refractivity contribution in [3.8, 4) is 5.75 Å². The van der Waals surface area contributed by atoms with Gasteiger partial charge in [0.1, 0.15) is 17.1 Å². The number of ketones is 1. The van der Waals surface area contributed by atoms with Crippen molar-refractivity contribution >= 4 is 16.8 Å². The van der Waals surface area contributed by atoms with Gasteiger partial charge in [-0.3, -0.25) is 4.79 Å². The molecule has 2 aliphatic carbocycles. The molecule has 4 heteroatoms. The van der Waals surface area contributed by atoms with Crippen LogP contribution >= 0.6 is 0 Å². The Bertz CT molecular complexity index is 956. The summed E-state index contributed by atoms with van der Waals surface area (Å²) in [7, 11) is 0. The van der Waals surface area contributed by atoms with Gasteiger partial charge in [0.25, 0.3) is 0 Å². The highest BCUT2D eigenvalue weighted by Crippen LogP contribution is 2.55. The van der Waals surface area contributed by atoms with Crippen molar-refractivity contribution in [3.05, 3.63) is 52.9 Å². The quantitative estimate of drug-likeness (QED) is 0.580. The highest BCUT2D eigenvalue weighted by atomic mass is 16.5. The third-order valence-corrected chi connectivity index (χ3v) is 6.95. The Morgan fingerprint density at radius 2 is 2.00 bits per heavy atom. The molecule has 2 aromatic rings. The van der Waals surface area contributed by atoms with Gasteiger partial charge in [0.05, 0.1) is 6.61 Å². The summed E-state index contributed by atoms with van der Waals surface area (Å²) in [4.78, 5) is 23.7. The zero-order chi connectivity index (χ0) is 19.2. The smallest absolute Gasteiger partial charge is 0.336 e. The van der Waals surface area contributed by atoms with E-state index in [0.717, 1.165) is 24.6 Å². The number of carbonyl (C=O) groups excluding carboxylic acids is 1. The van der Waals surface area contributed by atoms with Crippen molar-refractivity contribution in [1.29, 1.82) is 0 Å². The maximum absolute atomic E-state index is 12.2. The first-order chi connectivity index (χ1) is 12.9. The minimum atomic E-state index is -0.364. The van der Waals surface area contributed by atoms with Gasteiger partial charge in [-0.05, 0) is 48.8 Å². The summed E-state index contributed by atoms with van der Waals surface area (Å²) in [6.45, 7) is 9.25. The van der Waals surface area contributed by atoms with E-state index in [9.17, 15) is 9.59 Å². The summed E-state index contributed by atoms with van der Waals surface area (Å²) in [5, 5.41) is 0.871. The van der Waals surface area contributed by atoms with E-state index in [2.05, 4.69) is 20.4 Å². The van der Waals surface area contributed by atoms with Crippen LogP contribution < -0.4 is 10.4 Å². The first-order valence-corrected chi connectivity index (χ1v) is 9.75. The second-order valence-corrected chi connectivity index (χ2v) is 8.38. The fourth-order valence-corrected chi connectivity index (χ4v) is 5.21. The molecule has 0 spiro atoms. The van der Waals surface area contributed by atoms with Gasteiger partial charge in [-0.1, -0.05) is 26.0 Å². The number of carbonyl (C=O) groups is 1. The van der Waals surface area contributed by atoms with Crippen LogP contribution in [-0.2, 0) is 4.79 Å². The Balaban J connectivity index is 1.56. The minimum absolute atomic E-state index is 0.0477. The Hall–Kier alpha value is -2.36. The van der Waals surface area contributed by atoms with E-state index in [0.29, 0.717) is 36.1 Å². The lowest BCUT2D eigenvalue weighted by molar-refractivity contribution is -0.134. The van der Waals surface area contributed by atoms with Crippen molar-refractivity contribution in [2.24, 2.45) is 23.2 Å². The van der Waals surface area contributed by atoms with Crippen molar-refractivity contribution in [2.45, 2.75) is 39.5 Å². The monoisotopic (exact) mass is 366 g/mol. The molecular weight excluding hydrogens is 340 g/mol. The lowest BCUT2D eigenvalue weighted by Crippen LogP contribution is -2.49. The topological polar surface area (TPSA) is 56.5 Å². The van der Waals surface area contributed by atoms with Gasteiger partial charge in [-0.25, -0.2) is 4.79 Å². The molecule has 1 heterocycles. The molecule has 27 heavy (non-hydrogen) atoms. The predicted octanol–water partition coefficient (Wildman–Crippen LogP) is 4.76. The van der Waals surface area contributed by atoms with Crippen LogP contribution in [0.5, 0.6) is 5.75 Å². The van der Waals surface area contributed by atoms with Crippen molar-refractivity contribution in [2.75, 3.05) is 6.61 Å². The molecule has 0 amide bonds. The molecule has 0 bridgehead atoms. The molecule has 0 unspecified atom stereocenters. The van der Waals surface area contributed by atoms with Crippen molar-refractivity contribution < 1.29 is 13.9 Å². The van der Waals surface area contributed by atoms with Crippen LogP contribution in [0.15, 0.2) is 51.7 Å². The highest BCUT2D eigenvalue weighted by molar-refractivity contribution is 5.82.